The maximum Gasteiger partial charge on any atom is 0.407 e. The van der Waals surface area contributed by atoms with Gasteiger partial charge in [0.15, 0.2) is 0 Å². The zero-order valence-corrected chi connectivity index (χ0v) is 19.6. The van der Waals surface area contributed by atoms with E-state index in [0.717, 1.165) is 35.1 Å². The second-order valence-corrected chi connectivity index (χ2v) is 9.42. The van der Waals surface area contributed by atoms with Gasteiger partial charge < -0.3 is 20.1 Å². The molecule has 0 radical (unpaired) electrons. The minimum Gasteiger partial charge on any atom is -0.479 e. The van der Waals surface area contributed by atoms with Crippen LogP contribution in [0.5, 0.6) is 0 Å². The number of alkyl carbamates (subject to hydrolysis) is 1. The van der Waals surface area contributed by atoms with Gasteiger partial charge in [-0.05, 0) is 54.4 Å². The molecule has 0 spiro atoms. The summed E-state index contributed by atoms with van der Waals surface area (Å²) in [6.45, 7) is 2.15. The van der Waals surface area contributed by atoms with Gasteiger partial charge in [-0.3, -0.25) is 4.79 Å². The molecule has 2 N–H and O–H groups in total. The van der Waals surface area contributed by atoms with Crippen LogP contribution in [0.4, 0.5) is 4.79 Å². The highest BCUT2D eigenvalue weighted by molar-refractivity contribution is 5.94. The summed E-state index contributed by atoms with van der Waals surface area (Å²) in [4.78, 5) is 39.7. The minimum atomic E-state index is -1.14. The van der Waals surface area contributed by atoms with Crippen LogP contribution in [-0.4, -0.2) is 52.7 Å². The molecule has 3 aliphatic rings. The van der Waals surface area contributed by atoms with Crippen LogP contribution in [0.3, 0.4) is 0 Å². The fourth-order valence-electron chi connectivity index (χ4n) is 5.74. The number of carbonyl (C=O) groups excluding carboxylic acids is 2. The van der Waals surface area contributed by atoms with Gasteiger partial charge in [0.2, 0.25) is 5.91 Å². The number of carbonyl (C=O) groups is 3. The van der Waals surface area contributed by atoms with Crippen LogP contribution in [0.25, 0.3) is 11.1 Å². The summed E-state index contributed by atoms with van der Waals surface area (Å²) >= 11 is 0. The first-order valence-corrected chi connectivity index (χ1v) is 12.0. The fourth-order valence-corrected chi connectivity index (χ4v) is 5.74. The fraction of sp³-hybridized carbons (Fsp3) is 0.393. The van der Waals surface area contributed by atoms with Crippen molar-refractivity contribution in [1.29, 1.82) is 0 Å². The molecule has 1 heterocycles. The third-order valence-corrected chi connectivity index (χ3v) is 7.54. The number of likely N-dealkylation sites (tertiary alicyclic amines) is 1. The van der Waals surface area contributed by atoms with Gasteiger partial charge in [-0.2, -0.15) is 0 Å². The number of carboxylic acid groups (broad SMARTS) is 1. The van der Waals surface area contributed by atoms with Crippen molar-refractivity contribution >= 4 is 18.0 Å². The van der Waals surface area contributed by atoms with E-state index in [2.05, 4.69) is 29.3 Å². The molecule has 35 heavy (non-hydrogen) atoms. The first-order chi connectivity index (χ1) is 17.0. The minimum absolute atomic E-state index is 0.0231. The molecule has 2 fully saturated rings. The van der Waals surface area contributed by atoms with E-state index in [1.54, 1.807) is 6.92 Å². The topological polar surface area (TPSA) is 95.9 Å². The molecule has 7 heteroatoms. The summed E-state index contributed by atoms with van der Waals surface area (Å²) in [5.41, 5.74) is 3.32. The molecule has 180 valence electrons. The second-order valence-electron chi connectivity index (χ2n) is 9.42. The number of amides is 2. The molecule has 0 bridgehead atoms. The predicted octanol–water partition coefficient (Wildman–Crippen LogP) is 3.77. The number of piperidine rings is 1. The van der Waals surface area contributed by atoms with Gasteiger partial charge in [0.05, 0.1) is 0 Å². The first kappa shape index (κ1) is 23.0. The Balaban J connectivity index is 1.29. The van der Waals surface area contributed by atoms with Crippen molar-refractivity contribution in [2.75, 3.05) is 13.2 Å². The average Bonchev–Trinajstić information content (AvgIpc) is 3.56. The van der Waals surface area contributed by atoms with Crippen LogP contribution in [0.1, 0.15) is 49.7 Å². The van der Waals surface area contributed by atoms with Crippen LogP contribution in [0, 0.1) is 17.8 Å². The van der Waals surface area contributed by atoms with Crippen LogP contribution in [0.15, 0.2) is 48.5 Å². The highest BCUT2D eigenvalue weighted by atomic mass is 16.5. The second kappa shape index (κ2) is 9.10. The molecule has 2 aromatic rings. The molecule has 7 nitrogen and oxygen atoms in total. The number of ether oxygens (including phenoxy) is 1. The van der Waals surface area contributed by atoms with E-state index >= 15 is 0 Å². The van der Waals surface area contributed by atoms with Gasteiger partial charge in [0, 0.05) is 18.9 Å². The normalized spacial score (nSPS) is 22.5. The number of hydrogen-bond acceptors (Lipinski definition) is 4. The average molecular weight is 473 g/mol. The molecule has 1 saturated carbocycles. The van der Waals surface area contributed by atoms with E-state index in [-0.39, 0.29) is 24.9 Å². The Bertz CT molecular complexity index is 1200. The molecule has 2 aromatic carbocycles. The van der Waals surface area contributed by atoms with Crippen LogP contribution in [-0.2, 0) is 14.3 Å². The lowest BCUT2D eigenvalue weighted by Crippen LogP contribution is -2.57. The van der Waals surface area contributed by atoms with Crippen molar-refractivity contribution in [2.45, 2.75) is 50.1 Å². The standard InChI is InChI=1S/C28H28N2O5/c1-2-3-14-24(25(31)30-15-8-9-18-16-28(18,30)26(32)33)29-27(34)35-17-23-21-12-6-4-10-19(21)20-11-5-7-13-22(20)23/h4-7,10-13,18,23-24H,8-9,14-17H2,1H3,(H,29,34)(H,32,33)/t18-,24?,28+/m1/s1. The number of carboxylic acids is 1. The van der Waals surface area contributed by atoms with Crippen molar-refractivity contribution < 1.29 is 24.2 Å². The predicted molar refractivity (Wildman–Crippen MR) is 129 cm³/mol. The number of rotatable bonds is 6. The maximum atomic E-state index is 13.4. The Morgan fingerprint density at radius 3 is 2.43 bits per heavy atom. The van der Waals surface area contributed by atoms with Crippen LogP contribution < -0.4 is 5.32 Å². The van der Waals surface area contributed by atoms with Gasteiger partial charge in [-0.25, -0.2) is 9.59 Å². The monoisotopic (exact) mass is 472 g/mol. The van der Waals surface area contributed by atoms with Gasteiger partial charge in [-0.15, -0.1) is 11.8 Å². The highest BCUT2D eigenvalue weighted by Crippen LogP contribution is 2.54. The molecule has 1 unspecified atom stereocenters. The molecule has 5 rings (SSSR count). The van der Waals surface area contributed by atoms with E-state index < -0.39 is 29.6 Å². The third kappa shape index (κ3) is 3.93. The number of nitrogens with one attached hydrogen (secondary N) is 1. The molecular formula is C28H28N2O5. The molecule has 2 aliphatic carbocycles. The number of nitrogens with zero attached hydrogens (tertiary/aromatic N) is 1. The molecular weight excluding hydrogens is 444 g/mol. The maximum absolute atomic E-state index is 13.4. The lowest BCUT2D eigenvalue weighted by molar-refractivity contribution is -0.155. The van der Waals surface area contributed by atoms with Gasteiger partial charge >= 0.3 is 12.1 Å². The molecule has 3 atom stereocenters. The van der Waals surface area contributed by atoms with Gasteiger partial charge in [-0.1, -0.05) is 48.5 Å². The number of fused-ring (bicyclic) bond motifs is 4. The number of hydrogen-bond donors (Lipinski definition) is 2. The van der Waals surface area contributed by atoms with Crippen molar-refractivity contribution in [3.05, 3.63) is 59.7 Å². The smallest absolute Gasteiger partial charge is 0.407 e. The highest BCUT2D eigenvalue weighted by Gasteiger charge is 2.67. The summed E-state index contributed by atoms with van der Waals surface area (Å²) in [7, 11) is 0. The Labute approximate surface area is 204 Å². The van der Waals surface area contributed by atoms with Crippen molar-refractivity contribution in [3.63, 3.8) is 0 Å². The molecule has 2 amide bonds. The molecule has 0 aromatic heterocycles. The molecule has 1 saturated heterocycles. The van der Waals surface area contributed by atoms with Crippen LogP contribution >= 0.6 is 0 Å². The summed E-state index contributed by atoms with van der Waals surface area (Å²) in [5.74, 6) is 4.10. The SMILES string of the molecule is CC#CCC(NC(=O)OCC1c2ccccc2-c2ccccc21)C(=O)N1CCC[C@@H]2C[C@@]21C(=O)O. The van der Waals surface area contributed by atoms with Crippen LogP contribution in [0.2, 0.25) is 0 Å². The Kier molecular flexibility index (Phi) is 5.98. The van der Waals surface area contributed by atoms with E-state index in [9.17, 15) is 19.5 Å². The Morgan fingerprint density at radius 2 is 1.80 bits per heavy atom. The quantitative estimate of drug-likeness (QED) is 0.624. The summed E-state index contributed by atoms with van der Waals surface area (Å²) < 4.78 is 5.61. The van der Waals surface area contributed by atoms with Gasteiger partial charge in [0.1, 0.15) is 18.2 Å². The zero-order valence-electron chi connectivity index (χ0n) is 19.6. The van der Waals surface area contributed by atoms with E-state index in [4.69, 9.17) is 4.74 Å². The van der Waals surface area contributed by atoms with E-state index in [0.29, 0.717) is 13.0 Å². The van der Waals surface area contributed by atoms with E-state index in [1.165, 1.54) is 4.90 Å². The largest absolute Gasteiger partial charge is 0.479 e. The van der Waals surface area contributed by atoms with E-state index in [1.807, 2.05) is 36.4 Å². The number of aliphatic carboxylic acids is 1. The Morgan fingerprint density at radius 1 is 1.14 bits per heavy atom. The summed E-state index contributed by atoms with van der Waals surface area (Å²) in [5, 5.41) is 12.5. The first-order valence-electron chi connectivity index (χ1n) is 12.0. The summed E-state index contributed by atoms with van der Waals surface area (Å²) in [6.07, 6.45) is 1.40. The number of benzene rings is 2. The van der Waals surface area contributed by atoms with Crippen molar-refractivity contribution in [2.24, 2.45) is 5.92 Å². The molecule has 1 aliphatic heterocycles. The third-order valence-electron chi connectivity index (χ3n) is 7.54. The zero-order chi connectivity index (χ0) is 24.6. The van der Waals surface area contributed by atoms with Crippen molar-refractivity contribution in [1.82, 2.24) is 10.2 Å². The van der Waals surface area contributed by atoms with Crippen molar-refractivity contribution in [3.8, 4) is 23.0 Å². The Hall–Kier alpha value is -3.79. The lowest BCUT2D eigenvalue weighted by Gasteiger charge is -2.35. The van der Waals surface area contributed by atoms with Gasteiger partial charge in [0.25, 0.3) is 0 Å². The summed E-state index contributed by atoms with van der Waals surface area (Å²) in [6, 6.07) is 15.2. The lowest BCUT2D eigenvalue weighted by atomic mass is 9.98.